The van der Waals surface area contributed by atoms with E-state index in [9.17, 15) is 29.3 Å². The minimum atomic E-state index is -0.764. The number of imide groups is 1. The number of carbonyl (C=O) groups is 3. The largest absolute Gasteiger partial charge is 0.328 e. The van der Waals surface area contributed by atoms with Crippen molar-refractivity contribution in [3.63, 3.8) is 0 Å². The molecule has 1 aromatic heterocycles. The Morgan fingerprint density at radius 2 is 1.83 bits per heavy atom. The number of hydrogen-bond acceptors (Lipinski definition) is 7. The highest BCUT2D eigenvalue weighted by Crippen LogP contribution is 2.35. The van der Waals surface area contributed by atoms with E-state index in [-0.39, 0.29) is 21.8 Å². The Hall–Kier alpha value is -3.42. The van der Waals surface area contributed by atoms with Gasteiger partial charge in [0.2, 0.25) is 5.91 Å². The van der Waals surface area contributed by atoms with Crippen LogP contribution in [0.4, 0.5) is 16.2 Å². The van der Waals surface area contributed by atoms with Crippen LogP contribution in [-0.2, 0) is 23.7 Å². The van der Waals surface area contributed by atoms with Crippen LogP contribution in [0.3, 0.4) is 0 Å². The Morgan fingerprint density at radius 1 is 1.17 bits per heavy atom. The Kier molecular flexibility index (Phi) is 6.58. The van der Waals surface area contributed by atoms with E-state index in [2.05, 4.69) is 21.2 Å². The van der Waals surface area contributed by atoms with Gasteiger partial charge in [-0.3, -0.25) is 38.5 Å². The fourth-order valence-corrected chi connectivity index (χ4v) is 4.78. The summed E-state index contributed by atoms with van der Waals surface area (Å²) in [5.74, 6) is -1.39. The number of nitro benzene ring substituents is 1. The fourth-order valence-electron chi connectivity index (χ4n) is 3.52. The molecule has 0 aliphatic carbocycles. The van der Waals surface area contributed by atoms with Crippen LogP contribution in [0.15, 0.2) is 44.5 Å². The molecule has 3 aromatic rings. The minimum Gasteiger partial charge on any atom is -0.324 e. The summed E-state index contributed by atoms with van der Waals surface area (Å²) in [6.07, 6.45) is 1.21. The molecule has 1 fully saturated rings. The summed E-state index contributed by atoms with van der Waals surface area (Å²) in [6, 6.07) is 7.38. The van der Waals surface area contributed by atoms with Crippen molar-refractivity contribution < 1.29 is 19.3 Å². The third-order valence-corrected chi connectivity index (χ3v) is 7.42. The lowest BCUT2D eigenvalue weighted by Gasteiger charge is -2.12. The van der Waals surface area contributed by atoms with Gasteiger partial charge in [-0.1, -0.05) is 11.6 Å². The number of carbonyl (C=O) groups excluding carboxylic acids is 3. The average molecular weight is 581 g/mol. The number of nitrogens with one attached hydrogen (secondary N) is 1. The van der Waals surface area contributed by atoms with Crippen molar-refractivity contribution >= 4 is 84.8 Å². The van der Waals surface area contributed by atoms with Gasteiger partial charge in [0.15, 0.2) is 0 Å². The first kappa shape index (κ1) is 24.7. The zero-order valence-corrected chi connectivity index (χ0v) is 21.2. The van der Waals surface area contributed by atoms with Gasteiger partial charge >= 0.3 is 5.69 Å². The Balaban J connectivity index is 1.62. The van der Waals surface area contributed by atoms with Crippen LogP contribution < -0.4 is 11.0 Å². The first-order valence-corrected chi connectivity index (χ1v) is 11.8. The number of nitro groups is 1. The molecule has 11 nitrogen and oxygen atoms in total. The number of thioether (sulfide) groups is 1. The summed E-state index contributed by atoms with van der Waals surface area (Å²) in [5, 5.41) is 13.9. The predicted molar refractivity (Wildman–Crippen MR) is 135 cm³/mol. The maximum Gasteiger partial charge on any atom is 0.328 e. The number of halogens is 2. The lowest BCUT2D eigenvalue weighted by atomic mass is 10.1. The van der Waals surface area contributed by atoms with Crippen molar-refractivity contribution in [3.8, 4) is 0 Å². The van der Waals surface area contributed by atoms with Crippen LogP contribution in [0.1, 0.15) is 5.56 Å². The molecule has 0 bridgehead atoms. The molecule has 1 aliphatic rings. The zero-order valence-electron chi connectivity index (χ0n) is 18.1. The van der Waals surface area contributed by atoms with Crippen molar-refractivity contribution in [1.29, 1.82) is 0 Å². The highest BCUT2D eigenvalue weighted by Gasteiger charge is 2.37. The summed E-state index contributed by atoms with van der Waals surface area (Å²) in [7, 11) is 3.01. The van der Waals surface area contributed by atoms with Crippen molar-refractivity contribution in [1.82, 2.24) is 14.0 Å². The monoisotopic (exact) mass is 579 g/mol. The second-order valence-corrected chi connectivity index (χ2v) is 9.76. The highest BCUT2D eigenvalue weighted by atomic mass is 79.9. The van der Waals surface area contributed by atoms with Gasteiger partial charge in [0, 0.05) is 30.3 Å². The van der Waals surface area contributed by atoms with Crippen LogP contribution >= 0.6 is 39.3 Å². The summed E-state index contributed by atoms with van der Waals surface area (Å²) in [5.41, 5.74) is 0.478. The van der Waals surface area contributed by atoms with Crippen molar-refractivity contribution in [2.24, 2.45) is 14.1 Å². The summed E-state index contributed by atoms with van der Waals surface area (Å²) in [6.45, 7) is -0.552. The van der Waals surface area contributed by atoms with Crippen LogP contribution in [0, 0.1) is 10.1 Å². The number of fused-ring (bicyclic) bond motifs is 1. The number of imidazole rings is 1. The smallest absolute Gasteiger partial charge is 0.324 e. The van der Waals surface area contributed by atoms with Crippen LogP contribution in [0.5, 0.6) is 0 Å². The maximum absolute atomic E-state index is 12.9. The van der Waals surface area contributed by atoms with Crippen molar-refractivity contribution in [2.45, 2.75) is 0 Å². The molecule has 0 saturated carbocycles. The van der Waals surface area contributed by atoms with Crippen LogP contribution in [0.25, 0.3) is 17.1 Å². The number of aryl methyl sites for hydroxylation is 2. The molecule has 2 heterocycles. The van der Waals surface area contributed by atoms with Gasteiger partial charge in [-0.05, 0) is 58.0 Å². The first-order valence-electron chi connectivity index (χ1n) is 9.82. The second kappa shape index (κ2) is 9.32. The number of nitrogens with zero attached hydrogens (tertiary/aromatic N) is 4. The normalized spacial score (nSPS) is 14.9. The molecule has 2 aromatic carbocycles. The van der Waals surface area contributed by atoms with E-state index < -0.39 is 28.5 Å². The number of hydrogen-bond donors (Lipinski definition) is 1. The number of benzene rings is 2. The molecule has 4 rings (SSSR count). The third kappa shape index (κ3) is 4.61. The molecular weight excluding hydrogens is 566 g/mol. The zero-order chi connectivity index (χ0) is 25.6. The Bertz CT molecular complexity index is 1550. The number of aromatic nitrogens is 2. The molecule has 1 N–H and O–H groups in total. The van der Waals surface area contributed by atoms with Gasteiger partial charge in [-0.25, -0.2) is 4.79 Å². The molecule has 1 saturated heterocycles. The summed E-state index contributed by atoms with van der Waals surface area (Å²) < 4.78 is 3.23. The van der Waals surface area contributed by atoms with Crippen LogP contribution in [0.2, 0.25) is 5.02 Å². The topological polar surface area (TPSA) is 137 Å². The minimum absolute atomic E-state index is 0.0446. The predicted octanol–water partition coefficient (Wildman–Crippen LogP) is 3.88. The number of amides is 3. The second-order valence-electron chi connectivity index (χ2n) is 7.50. The van der Waals surface area contributed by atoms with E-state index in [0.29, 0.717) is 38.0 Å². The quantitative estimate of drug-likeness (QED) is 0.275. The van der Waals surface area contributed by atoms with E-state index in [1.807, 2.05) is 0 Å². The van der Waals surface area contributed by atoms with E-state index >= 15 is 0 Å². The van der Waals surface area contributed by atoms with E-state index in [0.717, 1.165) is 4.90 Å². The van der Waals surface area contributed by atoms with Crippen molar-refractivity contribution in [2.75, 3.05) is 11.9 Å². The molecule has 3 amide bonds. The van der Waals surface area contributed by atoms with Gasteiger partial charge in [0.05, 0.1) is 31.4 Å². The third-order valence-electron chi connectivity index (χ3n) is 5.28. The summed E-state index contributed by atoms with van der Waals surface area (Å²) >= 11 is 9.81. The molecule has 0 atom stereocenters. The molecular formula is C21H15BrClN5O6S. The van der Waals surface area contributed by atoms with Gasteiger partial charge in [0.25, 0.3) is 16.8 Å². The molecule has 14 heteroatoms. The van der Waals surface area contributed by atoms with E-state index in [1.165, 1.54) is 47.5 Å². The van der Waals surface area contributed by atoms with Gasteiger partial charge in [-0.2, -0.15) is 0 Å². The highest BCUT2D eigenvalue weighted by molar-refractivity contribution is 9.10. The number of anilines is 1. The standard InChI is InChI=1S/C21H15BrClN5O6S/c1-25-15-5-10(14(28(33)34)8-16(15)26(2)20(25)31)6-17-19(30)27(21(32)35-17)9-18(29)24-11-3-4-12(22)13(23)7-11/h3-8H,9H2,1-2H3,(H,24,29)/b17-6-. The Morgan fingerprint density at radius 3 is 2.46 bits per heavy atom. The lowest BCUT2D eigenvalue weighted by Crippen LogP contribution is -2.36. The molecule has 180 valence electrons. The molecule has 1 aliphatic heterocycles. The average Bonchev–Trinajstić information content (AvgIpc) is 3.17. The van der Waals surface area contributed by atoms with Crippen LogP contribution in [-0.4, -0.2) is 42.6 Å². The van der Waals surface area contributed by atoms with Crippen molar-refractivity contribution in [3.05, 3.63) is 70.9 Å². The maximum atomic E-state index is 12.9. The van der Waals surface area contributed by atoms with Gasteiger partial charge < -0.3 is 5.32 Å². The fraction of sp³-hybridized carbons (Fsp3) is 0.143. The molecule has 0 radical (unpaired) electrons. The van der Waals surface area contributed by atoms with E-state index in [1.54, 1.807) is 12.1 Å². The molecule has 0 spiro atoms. The molecule has 0 unspecified atom stereocenters. The lowest BCUT2D eigenvalue weighted by molar-refractivity contribution is -0.385. The Labute approximate surface area is 214 Å². The molecule has 35 heavy (non-hydrogen) atoms. The van der Waals surface area contributed by atoms with Gasteiger partial charge in [-0.15, -0.1) is 0 Å². The number of rotatable bonds is 5. The first-order chi connectivity index (χ1) is 16.5. The van der Waals surface area contributed by atoms with Gasteiger partial charge in [0.1, 0.15) is 6.54 Å². The summed E-state index contributed by atoms with van der Waals surface area (Å²) in [4.78, 5) is 61.6. The SMILES string of the molecule is Cn1c(=O)n(C)c2cc([N+](=O)[O-])c(/C=C3\SC(=O)N(CC(=O)Nc4ccc(Br)c(Cl)c4)C3=O)cc21. The van der Waals surface area contributed by atoms with E-state index in [4.69, 9.17) is 11.6 Å².